The Morgan fingerprint density at radius 1 is 1.16 bits per heavy atom. The van der Waals surface area contributed by atoms with Crippen LogP contribution in [0.4, 0.5) is 10.2 Å². The van der Waals surface area contributed by atoms with Crippen molar-refractivity contribution in [2.45, 2.75) is 20.8 Å². The number of piperazine rings is 1. The molecule has 0 unspecified atom stereocenters. The molecule has 1 amide bonds. The summed E-state index contributed by atoms with van der Waals surface area (Å²) in [5, 5.41) is 12.5. The average molecular weight is 448 g/mol. The molecular weight excluding hydrogens is 421 g/mol. The van der Waals surface area contributed by atoms with Crippen LogP contribution in [0.5, 0.6) is 0 Å². The zero-order valence-corrected chi connectivity index (χ0v) is 18.7. The summed E-state index contributed by atoms with van der Waals surface area (Å²) in [6, 6.07) is 7.98. The number of rotatable bonds is 6. The Hall–Kier alpha value is -2.74. The lowest BCUT2D eigenvalue weighted by molar-refractivity contribution is -0.117. The zero-order valence-electron chi connectivity index (χ0n) is 17.9. The SMILES string of the molecule is CCS(=O)(=O)N1CCN(CC(=O)Nc2c(C#N)c(C)c(C)n2-c2ccc(F)cc2)CC1. The first kappa shape index (κ1) is 22.9. The molecule has 3 rings (SSSR count). The van der Waals surface area contributed by atoms with Crippen LogP contribution >= 0.6 is 0 Å². The number of aromatic nitrogens is 1. The molecule has 1 aliphatic rings. The number of nitrogens with zero attached hydrogens (tertiary/aromatic N) is 4. The van der Waals surface area contributed by atoms with Crippen LogP contribution in [0.2, 0.25) is 0 Å². The van der Waals surface area contributed by atoms with Crippen molar-refractivity contribution in [1.82, 2.24) is 13.8 Å². The number of anilines is 1. The summed E-state index contributed by atoms with van der Waals surface area (Å²) in [4.78, 5) is 14.7. The summed E-state index contributed by atoms with van der Waals surface area (Å²) in [7, 11) is -3.23. The van der Waals surface area contributed by atoms with Crippen LogP contribution in [0.25, 0.3) is 5.69 Å². The number of benzene rings is 1. The molecule has 0 bridgehead atoms. The van der Waals surface area contributed by atoms with Crippen molar-refractivity contribution in [2.24, 2.45) is 0 Å². The quantitative estimate of drug-likeness (QED) is 0.731. The second-order valence-electron chi connectivity index (χ2n) is 7.48. The van der Waals surface area contributed by atoms with E-state index in [1.165, 1.54) is 16.4 Å². The molecular formula is C21H26FN5O3S. The second-order valence-corrected chi connectivity index (χ2v) is 9.74. The summed E-state index contributed by atoms with van der Waals surface area (Å²) >= 11 is 0. The first-order valence-electron chi connectivity index (χ1n) is 10.1. The van der Waals surface area contributed by atoms with Gasteiger partial charge in [0, 0.05) is 37.6 Å². The van der Waals surface area contributed by atoms with Crippen molar-refractivity contribution in [3.8, 4) is 11.8 Å². The van der Waals surface area contributed by atoms with Crippen molar-refractivity contribution < 1.29 is 17.6 Å². The number of halogens is 1. The van der Waals surface area contributed by atoms with Crippen LogP contribution in [0.15, 0.2) is 24.3 Å². The largest absolute Gasteiger partial charge is 0.310 e. The Balaban J connectivity index is 1.77. The fraction of sp³-hybridized carbons (Fsp3) is 0.429. The van der Waals surface area contributed by atoms with Crippen LogP contribution in [-0.4, -0.2) is 66.6 Å². The standard InChI is InChI=1S/C21H26FN5O3S/c1-4-31(29,30)26-11-9-25(10-12-26)14-20(28)24-21-19(13-23)15(2)16(3)27(21)18-7-5-17(22)6-8-18/h5-8H,4,9-12,14H2,1-3H3,(H,24,28). The van der Waals surface area contributed by atoms with E-state index in [1.807, 2.05) is 11.8 Å². The molecule has 0 radical (unpaired) electrons. The van der Waals surface area contributed by atoms with Gasteiger partial charge in [0.2, 0.25) is 15.9 Å². The molecule has 1 aliphatic heterocycles. The topological polar surface area (TPSA) is 98.4 Å². The number of carbonyl (C=O) groups is 1. The van der Waals surface area contributed by atoms with Gasteiger partial charge in [0.05, 0.1) is 17.9 Å². The minimum atomic E-state index is -3.23. The van der Waals surface area contributed by atoms with E-state index in [9.17, 15) is 22.9 Å². The maximum atomic E-state index is 13.4. The minimum Gasteiger partial charge on any atom is -0.310 e. The van der Waals surface area contributed by atoms with Gasteiger partial charge in [0.15, 0.2) is 0 Å². The van der Waals surface area contributed by atoms with E-state index in [0.29, 0.717) is 43.2 Å². The first-order valence-corrected chi connectivity index (χ1v) is 11.7. The maximum absolute atomic E-state index is 13.4. The third-order valence-electron chi connectivity index (χ3n) is 5.62. The van der Waals surface area contributed by atoms with E-state index in [1.54, 1.807) is 30.5 Å². The number of nitriles is 1. The first-order chi connectivity index (χ1) is 14.7. The lowest BCUT2D eigenvalue weighted by atomic mass is 10.2. The minimum absolute atomic E-state index is 0.0590. The predicted octanol–water partition coefficient (Wildman–Crippen LogP) is 2.01. The van der Waals surface area contributed by atoms with Crippen molar-refractivity contribution in [2.75, 3.05) is 43.8 Å². The van der Waals surface area contributed by atoms with Crippen LogP contribution in [0.3, 0.4) is 0 Å². The number of nitrogens with one attached hydrogen (secondary N) is 1. The molecule has 0 spiro atoms. The van der Waals surface area contributed by atoms with Gasteiger partial charge in [-0.2, -0.15) is 9.57 Å². The summed E-state index contributed by atoms with van der Waals surface area (Å²) < 4.78 is 40.5. The molecule has 0 atom stereocenters. The van der Waals surface area contributed by atoms with Gasteiger partial charge < -0.3 is 5.32 Å². The number of sulfonamides is 1. The van der Waals surface area contributed by atoms with Crippen molar-refractivity contribution in [3.05, 3.63) is 46.9 Å². The molecule has 2 heterocycles. The van der Waals surface area contributed by atoms with E-state index < -0.39 is 10.0 Å². The fourth-order valence-electron chi connectivity index (χ4n) is 3.70. The van der Waals surface area contributed by atoms with Crippen LogP contribution in [-0.2, 0) is 14.8 Å². The smallest absolute Gasteiger partial charge is 0.239 e. The highest BCUT2D eigenvalue weighted by atomic mass is 32.2. The summed E-state index contributed by atoms with van der Waals surface area (Å²) in [5.41, 5.74) is 2.50. The maximum Gasteiger partial charge on any atom is 0.239 e. The van der Waals surface area contributed by atoms with Crippen molar-refractivity contribution in [1.29, 1.82) is 5.26 Å². The van der Waals surface area contributed by atoms with Gasteiger partial charge in [-0.05, 0) is 50.6 Å². The zero-order chi connectivity index (χ0) is 22.8. The average Bonchev–Trinajstić information content (AvgIpc) is 2.98. The van der Waals surface area contributed by atoms with Crippen molar-refractivity contribution in [3.63, 3.8) is 0 Å². The molecule has 0 aliphatic carbocycles. The number of carbonyl (C=O) groups excluding carboxylic acids is 1. The molecule has 8 nitrogen and oxygen atoms in total. The molecule has 1 N–H and O–H groups in total. The van der Waals surface area contributed by atoms with Crippen molar-refractivity contribution >= 4 is 21.7 Å². The van der Waals surface area contributed by atoms with Gasteiger partial charge in [-0.3, -0.25) is 14.3 Å². The lowest BCUT2D eigenvalue weighted by Gasteiger charge is -2.33. The molecule has 2 aromatic rings. The van der Waals surface area contributed by atoms with E-state index in [-0.39, 0.29) is 24.0 Å². The second kappa shape index (κ2) is 9.18. The van der Waals surface area contributed by atoms with Gasteiger partial charge in [0.1, 0.15) is 17.7 Å². The molecule has 1 saturated heterocycles. The van der Waals surface area contributed by atoms with E-state index in [0.717, 1.165) is 11.3 Å². The molecule has 1 aromatic carbocycles. The molecule has 1 aromatic heterocycles. The fourth-order valence-corrected chi connectivity index (χ4v) is 4.78. The molecule has 0 saturated carbocycles. The Labute approximate surface area is 181 Å². The van der Waals surface area contributed by atoms with Crippen LogP contribution in [0, 0.1) is 31.0 Å². The highest BCUT2D eigenvalue weighted by molar-refractivity contribution is 7.89. The Morgan fingerprint density at radius 3 is 2.32 bits per heavy atom. The monoisotopic (exact) mass is 447 g/mol. The third kappa shape index (κ3) is 4.79. The number of amides is 1. The van der Waals surface area contributed by atoms with E-state index in [4.69, 9.17) is 0 Å². The highest BCUT2D eigenvalue weighted by Gasteiger charge is 2.27. The summed E-state index contributed by atoms with van der Waals surface area (Å²) in [6.45, 7) is 6.93. The number of hydrogen-bond donors (Lipinski definition) is 1. The summed E-state index contributed by atoms with van der Waals surface area (Å²) in [5.74, 6) is -0.269. The Bertz CT molecular complexity index is 1110. The van der Waals surface area contributed by atoms with Gasteiger partial charge in [-0.1, -0.05) is 0 Å². The molecule has 166 valence electrons. The molecule has 1 fully saturated rings. The normalized spacial score (nSPS) is 15.6. The Kier molecular flexibility index (Phi) is 6.79. The van der Waals surface area contributed by atoms with Crippen LogP contribution < -0.4 is 5.32 Å². The third-order valence-corrected chi connectivity index (χ3v) is 7.51. The van der Waals surface area contributed by atoms with Gasteiger partial charge in [-0.25, -0.2) is 12.8 Å². The highest BCUT2D eigenvalue weighted by Crippen LogP contribution is 2.30. The van der Waals surface area contributed by atoms with E-state index in [2.05, 4.69) is 11.4 Å². The Morgan fingerprint density at radius 2 is 1.77 bits per heavy atom. The van der Waals surface area contributed by atoms with Gasteiger partial charge in [0.25, 0.3) is 0 Å². The number of hydrogen-bond acceptors (Lipinski definition) is 5. The summed E-state index contributed by atoms with van der Waals surface area (Å²) in [6.07, 6.45) is 0. The molecule has 31 heavy (non-hydrogen) atoms. The van der Waals surface area contributed by atoms with Crippen LogP contribution in [0.1, 0.15) is 23.7 Å². The predicted molar refractivity (Wildman–Crippen MR) is 116 cm³/mol. The lowest BCUT2D eigenvalue weighted by Crippen LogP contribution is -2.50. The van der Waals surface area contributed by atoms with Gasteiger partial charge >= 0.3 is 0 Å². The molecule has 10 heteroatoms. The van der Waals surface area contributed by atoms with Gasteiger partial charge in [-0.15, -0.1) is 0 Å². The van der Waals surface area contributed by atoms with E-state index >= 15 is 0 Å².